The van der Waals surface area contributed by atoms with Gasteiger partial charge in [0.1, 0.15) is 0 Å². The zero-order chi connectivity index (χ0) is 42.1. The maximum absolute atomic E-state index is 2.48. The van der Waals surface area contributed by atoms with Gasteiger partial charge in [0.25, 0.3) is 0 Å². The van der Waals surface area contributed by atoms with Crippen molar-refractivity contribution < 1.29 is 0 Å². The van der Waals surface area contributed by atoms with Crippen molar-refractivity contribution in [2.45, 2.75) is 12.8 Å². The van der Waals surface area contributed by atoms with Crippen molar-refractivity contribution in [2.24, 2.45) is 0 Å². The molecule has 0 aromatic heterocycles. The van der Waals surface area contributed by atoms with E-state index in [2.05, 4.69) is 240 Å². The number of hydrogen-bond donors (Lipinski definition) is 0. The molecule has 0 amide bonds. The zero-order valence-corrected chi connectivity index (χ0v) is 35.2. The number of benzene rings is 11. The topological polar surface area (TPSA) is 6.48 Å². The van der Waals surface area contributed by atoms with E-state index >= 15 is 0 Å². The Morgan fingerprint density at radius 1 is 0.266 bits per heavy atom. The molecule has 2 aliphatic rings. The summed E-state index contributed by atoms with van der Waals surface area (Å²) < 4.78 is 0. The molecule has 64 heavy (non-hydrogen) atoms. The van der Waals surface area contributed by atoms with Crippen molar-refractivity contribution >= 4 is 66.4 Å². The van der Waals surface area contributed by atoms with Crippen molar-refractivity contribution in [1.82, 2.24) is 0 Å². The smallest absolute Gasteiger partial charge is 0.0497 e. The Labute approximate surface area is 373 Å². The lowest BCUT2D eigenvalue weighted by atomic mass is 9.84. The molecule has 2 heteroatoms. The Hall–Kier alpha value is -8.20. The summed E-state index contributed by atoms with van der Waals surface area (Å²) in [4.78, 5) is 4.95. The SMILES string of the molecule is c1ccc(-c2c3ccc(N4c5ccccc5Cc5ccccc54)cc3c(-c3cccc(-c4cccc5ccccc45)c3)c3ccc(N4c5ccccc5Cc5ccccc54)cc23)cc1. The van der Waals surface area contributed by atoms with Crippen molar-refractivity contribution in [1.29, 1.82) is 0 Å². The first kappa shape index (κ1) is 36.5. The summed E-state index contributed by atoms with van der Waals surface area (Å²) in [7, 11) is 0. The summed E-state index contributed by atoms with van der Waals surface area (Å²) in [5, 5.41) is 7.40. The minimum absolute atomic E-state index is 0.916. The quantitative estimate of drug-likeness (QED) is 0.160. The first-order valence-corrected chi connectivity index (χ1v) is 22.3. The standard InChI is InChI=1S/C62H42N2/c1-2-17-42(18-3-1)61-53-34-32-50(64-59-30-12-7-21-46(59)38-47-22-8-13-31-60(47)64)40-56(53)62(48-25-14-24-43(36-48)52-27-15-23-41-16-4-9-26-51(41)52)54-35-33-49(39-55(54)61)63-57-28-10-5-19-44(57)37-45-20-6-11-29-58(45)63/h1-36,39-40H,37-38H2. The summed E-state index contributed by atoms with van der Waals surface area (Å²) in [6.45, 7) is 0. The number of nitrogens with zero attached hydrogens (tertiary/aromatic N) is 2. The van der Waals surface area contributed by atoms with Gasteiger partial charge in [-0.1, -0.05) is 176 Å². The highest BCUT2D eigenvalue weighted by molar-refractivity contribution is 6.23. The van der Waals surface area contributed by atoms with Crippen LogP contribution in [0, 0.1) is 0 Å². The molecule has 0 saturated heterocycles. The molecule has 2 nitrogen and oxygen atoms in total. The Bertz CT molecular complexity index is 3540. The van der Waals surface area contributed by atoms with Crippen LogP contribution in [-0.4, -0.2) is 0 Å². The summed E-state index contributed by atoms with van der Waals surface area (Å²) in [6, 6.07) is 85.6. The van der Waals surface area contributed by atoms with Crippen LogP contribution in [0.5, 0.6) is 0 Å². The van der Waals surface area contributed by atoms with E-state index in [4.69, 9.17) is 0 Å². The van der Waals surface area contributed by atoms with Gasteiger partial charge in [-0.25, -0.2) is 0 Å². The Morgan fingerprint density at radius 3 is 1.25 bits per heavy atom. The normalized spacial score (nSPS) is 12.8. The molecule has 11 aromatic carbocycles. The molecule has 13 rings (SSSR count). The van der Waals surface area contributed by atoms with Crippen molar-refractivity contribution in [3.63, 3.8) is 0 Å². The van der Waals surface area contributed by atoms with Gasteiger partial charge in [-0.15, -0.1) is 0 Å². The molecular formula is C62H42N2. The van der Waals surface area contributed by atoms with Crippen molar-refractivity contribution in [3.05, 3.63) is 253 Å². The van der Waals surface area contributed by atoms with Crippen LogP contribution in [0.15, 0.2) is 231 Å². The molecule has 0 spiro atoms. The van der Waals surface area contributed by atoms with Crippen LogP contribution in [-0.2, 0) is 12.8 Å². The van der Waals surface area contributed by atoms with E-state index in [9.17, 15) is 0 Å². The monoisotopic (exact) mass is 814 g/mol. The van der Waals surface area contributed by atoms with E-state index < -0.39 is 0 Å². The number of hydrogen-bond acceptors (Lipinski definition) is 2. The second-order valence-electron chi connectivity index (χ2n) is 17.2. The fourth-order valence-corrected chi connectivity index (χ4v) is 10.8. The summed E-state index contributed by atoms with van der Waals surface area (Å²) in [6.07, 6.45) is 1.83. The molecule has 2 heterocycles. The zero-order valence-electron chi connectivity index (χ0n) is 35.2. The van der Waals surface area contributed by atoms with E-state index in [1.165, 1.54) is 111 Å². The molecule has 0 unspecified atom stereocenters. The minimum atomic E-state index is 0.916. The molecule has 0 fully saturated rings. The second kappa shape index (κ2) is 14.7. The molecule has 0 saturated carbocycles. The van der Waals surface area contributed by atoms with E-state index in [-0.39, 0.29) is 0 Å². The minimum Gasteiger partial charge on any atom is -0.310 e. The third-order valence-electron chi connectivity index (χ3n) is 13.6. The van der Waals surface area contributed by atoms with Crippen LogP contribution in [0.25, 0.3) is 65.7 Å². The van der Waals surface area contributed by atoms with Gasteiger partial charge >= 0.3 is 0 Å². The van der Waals surface area contributed by atoms with E-state index in [1.54, 1.807) is 0 Å². The highest BCUT2D eigenvalue weighted by Crippen LogP contribution is 2.51. The number of rotatable bonds is 5. The van der Waals surface area contributed by atoms with Crippen LogP contribution in [0.2, 0.25) is 0 Å². The van der Waals surface area contributed by atoms with Crippen molar-refractivity contribution in [2.75, 3.05) is 9.80 Å². The van der Waals surface area contributed by atoms with Crippen LogP contribution in [0.1, 0.15) is 22.3 Å². The summed E-state index contributed by atoms with van der Waals surface area (Å²) in [5.74, 6) is 0. The van der Waals surface area contributed by atoms with Crippen LogP contribution < -0.4 is 9.80 Å². The first-order valence-electron chi connectivity index (χ1n) is 22.3. The molecule has 2 aliphatic heterocycles. The number of anilines is 6. The average Bonchev–Trinajstić information content (AvgIpc) is 3.36. The van der Waals surface area contributed by atoms with Gasteiger partial charge in [0.2, 0.25) is 0 Å². The molecule has 0 bridgehead atoms. The highest BCUT2D eigenvalue weighted by Gasteiger charge is 2.28. The van der Waals surface area contributed by atoms with Gasteiger partial charge in [0.15, 0.2) is 0 Å². The summed E-state index contributed by atoms with van der Waals surface area (Å²) >= 11 is 0. The van der Waals surface area contributed by atoms with Crippen LogP contribution in [0.4, 0.5) is 34.1 Å². The predicted octanol–water partition coefficient (Wildman–Crippen LogP) is 16.9. The first-order chi connectivity index (χ1) is 31.7. The Morgan fingerprint density at radius 2 is 0.688 bits per heavy atom. The van der Waals surface area contributed by atoms with Crippen molar-refractivity contribution in [3.8, 4) is 33.4 Å². The molecule has 0 N–H and O–H groups in total. The van der Waals surface area contributed by atoms with Crippen LogP contribution >= 0.6 is 0 Å². The fraction of sp³-hybridized carbons (Fsp3) is 0.0323. The maximum Gasteiger partial charge on any atom is 0.0497 e. The second-order valence-corrected chi connectivity index (χ2v) is 17.2. The van der Waals surface area contributed by atoms with E-state index in [0.717, 1.165) is 24.2 Å². The lowest BCUT2D eigenvalue weighted by Gasteiger charge is -2.34. The third-order valence-corrected chi connectivity index (χ3v) is 13.6. The van der Waals surface area contributed by atoms with Gasteiger partial charge in [0.05, 0.1) is 0 Å². The largest absolute Gasteiger partial charge is 0.310 e. The van der Waals surface area contributed by atoms with Gasteiger partial charge in [0, 0.05) is 47.0 Å². The van der Waals surface area contributed by atoms with Gasteiger partial charge < -0.3 is 9.80 Å². The number of para-hydroxylation sites is 4. The van der Waals surface area contributed by atoms with E-state index in [0.29, 0.717) is 0 Å². The highest BCUT2D eigenvalue weighted by atomic mass is 15.2. The van der Waals surface area contributed by atoms with Gasteiger partial charge in [-0.3, -0.25) is 0 Å². The van der Waals surface area contributed by atoms with Gasteiger partial charge in [-0.2, -0.15) is 0 Å². The third kappa shape index (κ3) is 5.80. The molecule has 300 valence electrons. The molecule has 0 radical (unpaired) electrons. The maximum atomic E-state index is 2.48. The summed E-state index contributed by atoms with van der Waals surface area (Å²) in [5.41, 5.74) is 19.9. The molecule has 0 atom stereocenters. The fourth-order valence-electron chi connectivity index (χ4n) is 10.8. The number of fused-ring (bicyclic) bond motifs is 7. The van der Waals surface area contributed by atoms with Gasteiger partial charge in [-0.05, 0) is 143 Å². The molecular weight excluding hydrogens is 773 g/mol. The Balaban J connectivity index is 1.13. The average molecular weight is 815 g/mol. The molecule has 0 aliphatic carbocycles. The predicted molar refractivity (Wildman–Crippen MR) is 270 cm³/mol. The van der Waals surface area contributed by atoms with E-state index in [1.807, 2.05) is 0 Å². The molecule has 11 aromatic rings. The lowest BCUT2D eigenvalue weighted by molar-refractivity contribution is 1.09. The lowest BCUT2D eigenvalue weighted by Crippen LogP contribution is -2.18. The van der Waals surface area contributed by atoms with Crippen LogP contribution in [0.3, 0.4) is 0 Å². The Kier molecular flexibility index (Phi) is 8.39.